The molecule has 1 amide bonds. The largest absolute Gasteiger partial charge is 0.497 e. The standard InChI is InChI=1S/C21H24N2O4/c1-25-16-10-14(11-17(12-16)26-2)20-22-19-8-4-3-7-18(19)21(24)23(20)13-15-6-5-9-27-15/h3-4,7-8,10-12,15,20,22H,5-6,9,13H2,1-2H3/t15-,20+/m0/s1. The smallest absolute Gasteiger partial charge is 0.257 e. The first-order valence-electron chi connectivity index (χ1n) is 9.20. The van der Waals surface area contributed by atoms with Crippen LogP contribution in [0.5, 0.6) is 11.5 Å². The molecule has 1 saturated heterocycles. The lowest BCUT2D eigenvalue weighted by molar-refractivity contribution is 0.0426. The summed E-state index contributed by atoms with van der Waals surface area (Å²) in [4.78, 5) is 15.1. The van der Waals surface area contributed by atoms with Gasteiger partial charge < -0.3 is 24.4 Å². The summed E-state index contributed by atoms with van der Waals surface area (Å²) in [5.74, 6) is 1.38. The quantitative estimate of drug-likeness (QED) is 0.876. The van der Waals surface area contributed by atoms with Crippen molar-refractivity contribution >= 4 is 11.6 Å². The van der Waals surface area contributed by atoms with Gasteiger partial charge in [0, 0.05) is 30.5 Å². The van der Waals surface area contributed by atoms with Gasteiger partial charge in [-0.2, -0.15) is 0 Å². The van der Waals surface area contributed by atoms with Crippen molar-refractivity contribution < 1.29 is 19.0 Å². The van der Waals surface area contributed by atoms with Gasteiger partial charge in [0.05, 0.1) is 25.9 Å². The SMILES string of the molecule is COc1cc(OC)cc([C@@H]2Nc3ccccc3C(=O)N2C[C@@H]2CCCO2)c1. The molecular formula is C21H24N2O4. The van der Waals surface area contributed by atoms with Gasteiger partial charge in [-0.05, 0) is 37.1 Å². The zero-order valence-electron chi connectivity index (χ0n) is 15.6. The minimum atomic E-state index is -0.319. The van der Waals surface area contributed by atoms with Crippen LogP contribution in [0.3, 0.4) is 0 Å². The maximum Gasteiger partial charge on any atom is 0.257 e. The minimum absolute atomic E-state index is 0.00615. The van der Waals surface area contributed by atoms with Crippen LogP contribution in [0.15, 0.2) is 42.5 Å². The van der Waals surface area contributed by atoms with E-state index in [4.69, 9.17) is 14.2 Å². The Balaban J connectivity index is 1.74. The van der Waals surface area contributed by atoms with Gasteiger partial charge in [-0.3, -0.25) is 4.79 Å². The Morgan fingerprint density at radius 2 is 1.89 bits per heavy atom. The molecule has 6 nitrogen and oxygen atoms in total. The lowest BCUT2D eigenvalue weighted by Gasteiger charge is -2.39. The van der Waals surface area contributed by atoms with Crippen LogP contribution in [-0.4, -0.2) is 44.3 Å². The van der Waals surface area contributed by atoms with Crippen molar-refractivity contribution in [3.8, 4) is 11.5 Å². The molecule has 2 aliphatic heterocycles. The summed E-state index contributed by atoms with van der Waals surface area (Å²) < 4.78 is 16.6. The van der Waals surface area contributed by atoms with Crippen LogP contribution in [0.2, 0.25) is 0 Å². The van der Waals surface area contributed by atoms with Crippen LogP contribution in [0, 0.1) is 0 Å². The molecule has 2 heterocycles. The summed E-state index contributed by atoms with van der Waals surface area (Å²) in [6.45, 7) is 1.30. The Morgan fingerprint density at radius 1 is 1.15 bits per heavy atom. The number of carbonyl (C=O) groups is 1. The molecule has 6 heteroatoms. The topological polar surface area (TPSA) is 60.0 Å². The lowest BCUT2D eigenvalue weighted by atomic mass is 10.0. The number of methoxy groups -OCH3 is 2. The van der Waals surface area contributed by atoms with E-state index < -0.39 is 0 Å². The molecule has 2 aromatic rings. The summed E-state index contributed by atoms with van der Waals surface area (Å²) in [5.41, 5.74) is 2.42. The fourth-order valence-corrected chi connectivity index (χ4v) is 3.74. The average Bonchev–Trinajstić information content (AvgIpc) is 3.22. The summed E-state index contributed by atoms with van der Waals surface area (Å²) in [7, 11) is 3.24. The molecule has 0 spiro atoms. The maximum atomic E-state index is 13.3. The van der Waals surface area contributed by atoms with Crippen LogP contribution >= 0.6 is 0 Å². The molecule has 0 aromatic heterocycles. The fraction of sp³-hybridized carbons (Fsp3) is 0.381. The Kier molecular flexibility index (Phi) is 4.90. The van der Waals surface area contributed by atoms with E-state index in [1.54, 1.807) is 14.2 Å². The number of benzene rings is 2. The summed E-state index contributed by atoms with van der Waals surface area (Å²) in [6, 6.07) is 13.3. The van der Waals surface area contributed by atoms with Gasteiger partial charge in [0.1, 0.15) is 17.7 Å². The van der Waals surface area contributed by atoms with Gasteiger partial charge in [0.25, 0.3) is 5.91 Å². The van der Waals surface area contributed by atoms with Crippen LogP contribution in [0.4, 0.5) is 5.69 Å². The molecule has 0 bridgehead atoms. The number of nitrogens with one attached hydrogen (secondary N) is 1. The number of amides is 1. The lowest BCUT2D eigenvalue weighted by Crippen LogP contribution is -2.46. The maximum absolute atomic E-state index is 13.3. The molecular weight excluding hydrogens is 344 g/mol. The second-order valence-corrected chi connectivity index (χ2v) is 6.83. The highest BCUT2D eigenvalue weighted by atomic mass is 16.5. The number of para-hydroxylation sites is 1. The molecule has 4 rings (SSSR count). The average molecular weight is 368 g/mol. The van der Waals surface area contributed by atoms with Crippen LogP contribution in [0.1, 0.15) is 34.9 Å². The number of anilines is 1. The minimum Gasteiger partial charge on any atom is -0.497 e. The number of hydrogen-bond acceptors (Lipinski definition) is 5. The zero-order chi connectivity index (χ0) is 18.8. The third-order valence-electron chi connectivity index (χ3n) is 5.14. The van der Waals surface area contributed by atoms with Crippen molar-refractivity contribution in [1.29, 1.82) is 0 Å². The highest BCUT2D eigenvalue weighted by Gasteiger charge is 2.35. The Morgan fingerprint density at radius 3 is 2.56 bits per heavy atom. The number of rotatable bonds is 5. The first kappa shape index (κ1) is 17.7. The summed E-state index contributed by atoms with van der Waals surface area (Å²) >= 11 is 0. The molecule has 0 aliphatic carbocycles. The van der Waals surface area contributed by atoms with Crippen LogP contribution in [0.25, 0.3) is 0 Å². The highest BCUT2D eigenvalue weighted by molar-refractivity contribution is 6.01. The van der Waals surface area contributed by atoms with Crippen LogP contribution < -0.4 is 14.8 Å². The Bertz CT molecular complexity index is 810. The number of ether oxygens (including phenoxy) is 3. The fourth-order valence-electron chi connectivity index (χ4n) is 3.74. The Hall–Kier alpha value is -2.73. The van der Waals surface area contributed by atoms with Gasteiger partial charge in [-0.15, -0.1) is 0 Å². The molecule has 1 N–H and O–H groups in total. The van der Waals surface area contributed by atoms with E-state index in [-0.39, 0.29) is 18.2 Å². The summed E-state index contributed by atoms with van der Waals surface area (Å²) in [6.07, 6.45) is 1.75. The number of hydrogen-bond donors (Lipinski definition) is 1. The molecule has 0 saturated carbocycles. The number of fused-ring (bicyclic) bond motifs is 1. The van der Waals surface area contributed by atoms with Crippen molar-refractivity contribution in [2.24, 2.45) is 0 Å². The first-order valence-corrected chi connectivity index (χ1v) is 9.20. The third-order valence-corrected chi connectivity index (χ3v) is 5.14. The van der Waals surface area contributed by atoms with Crippen LogP contribution in [-0.2, 0) is 4.74 Å². The number of carbonyl (C=O) groups excluding carboxylic acids is 1. The second kappa shape index (κ2) is 7.48. The molecule has 2 aromatic carbocycles. The van der Waals surface area contributed by atoms with Gasteiger partial charge in [-0.1, -0.05) is 12.1 Å². The van der Waals surface area contributed by atoms with E-state index in [0.717, 1.165) is 30.7 Å². The molecule has 142 valence electrons. The van der Waals surface area contributed by atoms with E-state index in [1.165, 1.54) is 0 Å². The highest BCUT2D eigenvalue weighted by Crippen LogP contribution is 2.36. The van der Waals surface area contributed by atoms with Crippen molar-refractivity contribution in [2.75, 3.05) is 32.7 Å². The normalized spacial score (nSPS) is 21.6. The summed E-state index contributed by atoms with van der Waals surface area (Å²) in [5, 5.41) is 3.51. The predicted octanol–water partition coefficient (Wildman–Crippen LogP) is 3.45. The van der Waals surface area contributed by atoms with Crippen molar-refractivity contribution in [3.63, 3.8) is 0 Å². The van der Waals surface area contributed by atoms with E-state index in [2.05, 4.69) is 5.32 Å². The molecule has 27 heavy (non-hydrogen) atoms. The van der Waals surface area contributed by atoms with E-state index in [0.29, 0.717) is 23.6 Å². The Labute approximate surface area is 159 Å². The van der Waals surface area contributed by atoms with Gasteiger partial charge in [0.15, 0.2) is 0 Å². The first-order chi connectivity index (χ1) is 13.2. The van der Waals surface area contributed by atoms with Gasteiger partial charge in [-0.25, -0.2) is 0 Å². The monoisotopic (exact) mass is 368 g/mol. The van der Waals surface area contributed by atoms with Crippen molar-refractivity contribution in [2.45, 2.75) is 25.1 Å². The zero-order valence-corrected chi connectivity index (χ0v) is 15.6. The van der Waals surface area contributed by atoms with E-state index in [1.807, 2.05) is 47.4 Å². The van der Waals surface area contributed by atoms with Crippen molar-refractivity contribution in [3.05, 3.63) is 53.6 Å². The number of nitrogens with zero attached hydrogens (tertiary/aromatic N) is 1. The third kappa shape index (κ3) is 3.45. The molecule has 0 radical (unpaired) electrons. The molecule has 0 unspecified atom stereocenters. The molecule has 2 atom stereocenters. The molecule has 1 fully saturated rings. The second-order valence-electron chi connectivity index (χ2n) is 6.83. The molecule has 2 aliphatic rings. The van der Waals surface area contributed by atoms with E-state index >= 15 is 0 Å². The van der Waals surface area contributed by atoms with Gasteiger partial charge >= 0.3 is 0 Å². The van der Waals surface area contributed by atoms with E-state index in [9.17, 15) is 4.79 Å². The predicted molar refractivity (Wildman–Crippen MR) is 102 cm³/mol. The van der Waals surface area contributed by atoms with Crippen molar-refractivity contribution in [1.82, 2.24) is 4.90 Å². The van der Waals surface area contributed by atoms with Gasteiger partial charge in [0.2, 0.25) is 0 Å².